The topological polar surface area (TPSA) is 112 Å². The van der Waals surface area contributed by atoms with E-state index in [0.29, 0.717) is 23.0 Å². The highest BCUT2D eigenvalue weighted by atomic mass is 16.7. The summed E-state index contributed by atoms with van der Waals surface area (Å²) in [7, 11) is 0. The minimum Gasteiger partial charge on any atom is -0.464 e. The van der Waals surface area contributed by atoms with E-state index in [9.17, 15) is 9.59 Å². The van der Waals surface area contributed by atoms with E-state index in [-0.39, 0.29) is 24.4 Å². The van der Waals surface area contributed by atoms with Crippen LogP contribution in [-0.4, -0.2) is 17.3 Å². The molecule has 3 aromatic rings. The van der Waals surface area contributed by atoms with E-state index in [1.165, 1.54) is 6.26 Å². The van der Waals surface area contributed by atoms with E-state index in [1.807, 2.05) is 12.1 Å². The van der Waals surface area contributed by atoms with Crippen LogP contribution in [-0.2, 0) is 27.5 Å². The van der Waals surface area contributed by atoms with Crippen LogP contribution in [0.3, 0.4) is 0 Å². The molecule has 0 saturated carbocycles. The fraction of sp³-hybridized carbons (Fsp3) is 0.217. The first-order chi connectivity index (χ1) is 14.5. The molecule has 1 aliphatic rings. The molecule has 7 heteroatoms. The molecule has 0 bridgehead atoms. The molecule has 0 spiro atoms. The van der Waals surface area contributed by atoms with Gasteiger partial charge in [-0.25, -0.2) is 0 Å². The predicted molar refractivity (Wildman–Crippen MR) is 109 cm³/mol. The zero-order chi connectivity index (χ0) is 21.1. The van der Waals surface area contributed by atoms with Gasteiger partial charge in [-0.2, -0.15) is 0 Å². The van der Waals surface area contributed by atoms with Crippen molar-refractivity contribution < 1.29 is 23.8 Å². The second-order valence-corrected chi connectivity index (χ2v) is 7.09. The van der Waals surface area contributed by atoms with Gasteiger partial charge in [0, 0.05) is 17.9 Å². The number of ether oxygens (including phenoxy) is 2. The van der Waals surface area contributed by atoms with Crippen molar-refractivity contribution >= 4 is 16.9 Å². The van der Waals surface area contributed by atoms with Gasteiger partial charge in [-0.3, -0.25) is 9.59 Å². The average molecular weight is 407 g/mol. The summed E-state index contributed by atoms with van der Waals surface area (Å²) in [6, 6.07) is 14.3. The maximum atomic E-state index is 12.9. The molecule has 1 aliphatic heterocycles. The third kappa shape index (κ3) is 4.12. The number of benzene rings is 2. The standard InChI is InChI=1S/C23H21NO6/c24-23(27)20-9-16(18-13-28-19-4-2-1-3-17(19)22(18)26)10-21(30-20)29-12-15-7-5-14(11-25)6-8-15/h1-9,13,16,21,25H,10-12H2,(H2,24,27)/t16-,21+/m1/s1. The Hall–Kier alpha value is -3.42. The van der Waals surface area contributed by atoms with Crippen LogP contribution in [0.25, 0.3) is 11.0 Å². The van der Waals surface area contributed by atoms with Crippen molar-refractivity contribution in [3.05, 3.63) is 93.5 Å². The third-order valence-corrected chi connectivity index (χ3v) is 5.05. The summed E-state index contributed by atoms with van der Waals surface area (Å²) in [6.45, 7) is 0.205. The first-order valence-corrected chi connectivity index (χ1v) is 9.54. The quantitative estimate of drug-likeness (QED) is 0.650. The average Bonchev–Trinajstić information content (AvgIpc) is 2.78. The Labute approximate surface area is 172 Å². The summed E-state index contributed by atoms with van der Waals surface area (Å²) in [6.07, 6.45) is 2.53. The normalized spacial score (nSPS) is 18.6. The lowest BCUT2D eigenvalue weighted by molar-refractivity contribution is -0.148. The van der Waals surface area contributed by atoms with Crippen molar-refractivity contribution in [1.29, 1.82) is 0 Å². The fourth-order valence-corrected chi connectivity index (χ4v) is 3.42. The Balaban J connectivity index is 1.57. The van der Waals surface area contributed by atoms with E-state index >= 15 is 0 Å². The monoisotopic (exact) mass is 407 g/mol. The number of nitrogens with two attached hydrogens (primary N) is 1. The van der Waals surface area contributed by atoms with E-state index in [0.717, 1.165) is 11.1 Å². The van der Waals surface area contributed by atoms with E-state index < -0.39 is 18.1 Å². The molecule has 0 fully saturated rings. The molecule has 0 radical (unpaired) electrons. The minimum atomic E-state index is -0.758. The summed E-state index contributed by atoms with van der Waals surface area (Å²) >= 11 is 0. The summed E-state index contributed by atoms with van der Waals surface area (Å²) in [5.74, 6) is -1.21. The number of hydrogen-bond donors (Lipinski definition) is 2. The number of allylic oxidation sites excluding steroid dienone is 1. The number of rotatable bonds is 6. The molecule has 0 aliphatic carbocycles. The van der Waals surface area contributed by atoms with Crippen molar-refractivity contribution in [3.63, 3.8) is 0 Å². The molecule has 2 aromatic carbocycles. The fourth-order valence-electron chi connectivity index (χ4n) is 3.42. The van der Waals surface area contributed by atoms with Gasteiger partial charge in [-0.1, -0.05) is 36.4 Å². The predicted octanol–water partition coefficient (Wildman–Crippen LogP) is 2.70. The van der Waals surface area contributed by atoms with Gasteiger partial charge in [-0.15, -0.1) is 0 Å². The Morgan fingerprint density at radius 1 is 1.13 bits per heavy atom. The lowest BCUT2D eigenvalue weighted by Gasteiger charge is -2.28. The molecule has 2 atom stereocenters. The van der Waals surface area contributed by atoms with Crippen LogP contribution in [0, 0.1) is 0 Å². The van der Waals surface area contributed by atoms with E-state index in [4.69, 9.17) is 24.7 Å². The maximum absolute atomic E-state index is 12.9. The van der Waals surface area contributed by atoms with Gasteiger partial charge < -0.3 is 24.7 Å². The van der Waals surface area contributed by atoms with Gasteiger partial charge in [0.2, 0.25) is 6.29 Å². The SMILES string of the molecule is NC(=O)C1=C[C@@H](c2coc3ccccc3c2=O)C[C@@H](OCc2ccc(CO)cc2)O1. The van der Waals surface area contributed by atoms with Gasteiger partial charge in [-0.05, 0) is 29.3 Å². The molecule has 3 N–H and O–H groups in total. The smallest absolute Gasteiger partial charge is 0.283 e. The van der Waals surface area contributed by atoms with Crippen LogP contribution in [0.4, 0.5) is 0 Å². The number of hydrogen-bond acceptors (Lipinski definition) is 6. The van der Waals surface area contributed by atoms with Crippen LogP contribution < -0.4 is 11.2 Å². The largest absolute Gasteiger partial charge is 0.464 e. The van der Waals surface area contributed by atoms with Gasteiger partial charge in [0.25, 0.3) is 5.91 Å². The summed E-state index contributed by atoms with van der Waals surface area (Å²) in [5.41, 5.74) is 7.85. The molecular formula is C23H21NO6. The minimum absolute atomic E-state index is 0.0321. The van der Waals surface area contributed by atoms with Gasteiger partial charge in [0.15, 0.2) is 11.2 Å². The second kappa shape index (κ2) is 8.52. The third-order valence-electron chi connectivity index (χ3n) is 5.05. The number of carbonyl (C=O) groups excluding carboxylic acids is 1. The lowest BCUT2D eigenvalue weighted by atomic mass is 9.93. The number of aliphatic hydroxyl groups is 1. The van der Waals surface area contributed by atoms with Gasteiger partial charge >= 0.3 is 0 Å². The van der Waals surface area contributed by atoms with Crippen molar-refractivity contribution in [2.75, 3.05) is 0 Å². The number of aliphatic hydroxyl groups excluding tert-OH is 1. The highest BCUT2D eigenvalue weighted by molar-refractivity contribution is 5.90. The van der Waals surface area contributed by atoms with Crippen molar-refractivity contribution in [1.82, 2.24) is 0 Å². The molecule has 30 heavy (non-hydrogen) atoms. The van der Waals surface area contributed by atoms with Crippen molar-refractivity contribution in [3.8, 4) is 0 Å². The number of para-hydroxylation sites is 1. The Morgan fingerprint density at radius 3 is 2.60 bits per heavy atom. The van der Waals surface area contributed by atoms with Crippen molar-refractivity contribution in [2.45, 2.75) is 31.8 Å². The summed E-state index contributed by atoms with van der Waals surface area (Å²) in [4.78, 5) is 24.7. The van der Waals surface area contributed by atoms with Crippen LogP contribution in [0.5, 0.6) is 0 Å². The molecular weight excluding hydrogens is 386 g/mol. The highest BCUT2D eigenvalue weighted by Crippen LogP contribution is 2.31. The zero-order valence-corrected chi connectivity index (χ0v) is 16.1. The van der Waals surface area contributed by atoms with Gasteiger partial charge in [0.1, 0.15) is 5.58 Å². The number of amides is 1. The first-order valence-electron chi connectivity index (χ1n) is 9.54. The molecule has 0 unspecified atom stereocenters. The first kappa shape index (κ1) is 19.9. The Kier molecular flexibility index (Phi) is 5.65. The molecule has 0 saturated heterocycles. The zero-order valence-electron chi connectivity index (χ0n) is 16.1. The lowest BCUT2D eigenvalue weighted by Crippen LogP contribution is -2.30. The Bertz CT molecular complexity index is 1150. The van der Waals surface area contributed by atoms with E-state index in [1.54, 1.807) is 42.5 Å². The van der Waals surface area contributed by atoms with Crippen LogP contribution in [0.15, 0.2) is 75.8 Å². The number of primary amides is 1. The second-order valence-electron chi connectivity index (χ2n) is 7.09. The Morgan fingerprint density at radius 2 is 1.87 bits per heavy atom. The highest BCUT2D eigenvalue weighted by Gasteiger charge is 2.30. The number of carbonyl (C=O) groups is 1. The molecule has 4 rings (SSSR count). The van der Waals surface area contributed by atoms with Crippen LogP contribution in [0.2, 0.25) is 0 Å². The van der Waals surface area contributed by atoms with Crippen LogP contribution in [0.1, 0.15) is 29.0 Å². The molecule has 154 valence electrons. The van der Waals surface area contributed by atoms with Gasteiger partial charge in [0.05, 0.1) is 24.9 Å². The number of fused-ring (bicyclic) bond motifs is 1. The summed E-state index contributed by atoms with van der Waals surface area (Å²) in [5, 5.41) is 9.60. The van der Waals surface area contributed by atoms with Crippen LogP contribution >= 0.6 is 0 Å². The molecule has 7 nitrogen and oxygen atoms in total. The molecule has 1 aromatic heterocycles. The van der Waals surface area contributed by atoms with E-state index in [2.05, 4.69) is 0 Å². The molecule has 2 heterocycles. The maximum Gasteiger partial charge on any atom is 0.283 e. The molecule has 1 amide bonds. The summed E-state index contributed by atoms with van der Waals surface area (Å²) < 4.78 is 17.0. The van der Waals surface area contributed by atoms with Crippen molar-refractivity contribution in [2.24, 2.45) is 5.73 Å².